The van der Waals surface area contributed by atoms with Gasteiger partial charge in [0.2, 0.25) is 0 Å². The number of rotatable bonds is 5. The minimum Gasteiger partial charge on any atom is -0.497 e. The van der Waals surface area contributed by atoms with Crippen molar-refractivity contribution in [3.05, 3.63) is 48.5 Å². The van der Waals surface area contributed by atoms with Gasteiger partial charge < -0.3 is 14.4 Å². The van der Waals surface area contributed by atoms with Crippen LogP contribution in [0.3, 0.4) is 0 Å². The summed E-state index contributed by atoms with van der Waals surface area (Å²) in [6.07, 6.45) is 0.180. The summed E-state index contributed by atoms with van der Waals surface area (Å²) >= 11 is 0. The summed E-state index contributed by atoms with van der Waals surface area (Å²) in [5.41, 5.74) is 1.58. The Balaban J connectivity index is 1.73. The van der Waals surface area contributed by atoms with Gasteiger partial charge in [-0.2, -0.15) is 0 Å². The largest absolute Gasteiger partial charge is 0.497 e. The Labute approximate surface area is 154 Å². The standard InChI is InChI=1S/C19H24N2O4S/c1-14-13-25-15(2)12-21(14)17-6-4-16(5-7-17)20-26(22,23)19-10-8-18(24-3)9-11-19/h4-11,14-15,20H,12-13H2,1-3H3. The first-order chi connectivity index (χ1) is 12.4. The predicted molar refractivity (Wildman–Crippen MR) is 102 cm³/mol. The van der Waals surface area contributed by atoms with Gasteiger partial charge in [-0.05, 0) is 62.4 Å². The molecule has 2 aromatic carbocycles. The van der Waals surface area contributed by atoms with Gasteiger partial charge in [-0.15, -0.1) is 0 Å². The third kappa shape index (κ3) is 4.11. The van der Waals surface area contributed by atoms with E-state index in [0.717, 1.165) is 12.2 Å². The maximum Gasteiger partial charge on any atom is 0.261 e. The molecule has 1 fully saturated rings. The van der Waals surface area contributed by atoms with Gasteiger partial charge in [0, 0.05) is 24.0 Å². The van der Waals surface area contributed by atoms with Gasteiger partial charge in [0.25, 0.3) is 10.0 Å². The molecule has 0 amide bonds. The zero-order valence-electron chi connectivity index (χ0n) is 15.2. The lowest BCUT2D eigenvalue weighted by molar-refractivity contribution is 0.0344. The molecule has 2 aromatic rings. The Hall–Kier alpha value is -2.25. The van der Waals surface area contributed by atoms with Crippen LogP contribution in [-0.2, 0) is 14.8 Å². The maximum atomic E-state index is 12.5. The van der Waals surface area contributed by atoms with E-state index in [9.17, 15) is 8.42 Å². The number of sulfonamides is 1. The van der Waals surface area contributed by atoms with Crippen LogP contribution in [0.5, 0.6) is 5.75 Å². The van der Waals surface area contributed by atoms with Crippen LogP contribution in [0.15, 0.2) is 53.4 Å². The number of nitrogens with zero attached hydrogens (tertiary/aromatic N) is 1. The van der Waals surface area contributed by atoms with Crippen LogP contribution in [-0.4, -0.2) is 40.8 Å². The third-order valence-electron chi connectivity index (χ3n) is 4.43. The smallest absolute Gasteiger partial charge is 0.261 e. The van der Waals surface area contributed by atoms with Crippen molar-refractivity contribution in [1.82, 2.24) is 0 Å². The van der Waals surface area contributed by atoms with E-state index in [2.05, 4.69) is 23.5 Å². The number of nitrogens with one attached hydrogen (secondary N) is 1. The minimum atomic E-state index is -3.63. The minimum absolute atomic E-state index is 0.180. The van der Waals surface area contributed by atoms with Crippen molar-refractivity contribution >= 4 is 21.4 Å². The fraction of sp³-hybridized carbons (Fsp3) is 0.368. The monoisotopic (exact) mass is 376 g/mol. The number of methoxy groups -OCH3 is 1. The SMILES string of the molecule is COc1ccc(S(=O)(=O)Nc2ccc(N3CC(C)OCC3C)cc2)cc1. The van der Waals surface area contributed by atoms with Crippen molar-refractivity contribution in [3.63, 3.8) is 0 Å². The fourth-order valence-electron chi connectivity index (χ4n) is 2.95. The maximum absolute atomic E-state index is 12.5. The van der Waals surface area contributed by atoms with Crippen LogP contribution in [0.4, 0.5) is 11.4 Å². The van der Waals surface area contributed by atoms with Crippen LogP contribution in [0.1, 0.15) is 13.8 Å². The molecule has 0 spiro atoms. The van der Waals surface area contributed by atoms with E-state index in [1.807, 2.05) is 12.1 Å². The van der Waals surface area contributed by atoms with Crippen LogP contribution in [0.25, 0.3) is 0 Å². The highest BCUT2D eigenvalue weighted by molar-refractivity contribution is 7.92. The van der Waals surface area contributed by atoms with Gasteiger partial charge in [0.05, 0.1) is 24.7 Å². The van der Waals surface area contributed by atoms with Crippen molar-refractivity contribution in [3.8, 4) is 5.75 Å². The van der Waals surface area contributed by atoms with E-state index in [1.54, 1.807) is 31.4 Å². The molecule has 0 radical (unpaired) electrons. The van der Waals surface area contributed by atoms with Crippen molar-refractivity contribution in [2.45, 2.75) is 30.9 Å². The molecule has 1 heterocycles. The number of morpholine rings is 1. The summed E-state index contributed by atoms with van der Waals surface area (Å²) in [6.45, 7) is 5.67. The van der Waals surface area contributed by atoms with Crippen molar-refractivity contribution < 1.29 is 17.9 Å². The quantitative estimate of drug-likeness (QED) is 0.868. The van der Waals surface area contributed by atoms with Gasteiger partial charge in [-0.3, -0.25) is 4.72 Å². The molecule has 6 nitrogen and oxygen atoms in total. The van der Waals surface area contributed by atoms with E-state index < -0.39 is 10.0 Å². The molecule has 26 heavy (non-hydrogen) atoms. The Morgan fingerprint density at radius 2 is 1.73 bits per heavy atom. The summed E-state index contributed by atoms with van der Waals surface area (Å²) in [4.78, 5) is 2.47. The molecular formula is C19H24N2O4S. The highest BCUT2D eigenvalue weighted by Gasteiger charge is 2.23. The van der Waals surface area contributed by atoms with Gasteiger partial charge in [-0.25, -0.2) is 8.42 Å². The molecule has 140 valence electrons. The number of ether oxygens (including phenoxy) is 2. The van der Waals surface area contributed by atoms with Crippen molar-refractivity contribution in [2.24, 2.45) is 0 Å². The number of benzene rings is 2. The molecule has 2 unspecified atom stereocenters. The first-order valence-electron chi connectivity index (χ1n) is 8.54. The average molecular weight is 376 g/mol. The van der Waals surface area contributed by atoms with E-state index in [1.165, 1.54) is 12.1 Å². The highest BCUT2D eigenvalue weighted by Crippen LogP contribution is 2.25. The number of anilines is 2. The highest BCUT2D eigenvalue weighted by atomic mass is 32.2. The Bertz CT molecular complexity index is 835. The molecule has 1 saturated heterocycles. The first-order valence-corrected chi connectivity index (χ1v) is 10.0. The van der Waals surface area contributed by atoms with Gasteiger partial charge in [-0.1, -0.05) is 0 Å². The molecule has 0 saturated carbocycles. The molecule has 1 N–H and O–H groups in total. The summed E-state index contributed by atoms with van der Waals surface area (Å²) in [6, 6.07) is 14.0. The fourth-order valence-corrected chi connectivity index (χ4v) is 4.01. The molecule has 7 heteroatoms. The summed E-state index contributed by atoms with van der Waals surface area (Å²) in [5.74, 6) is 0.613. The average Bonchev–Trinajstić information content (AvgIpc) is 2.64. The number of hydrogen-bond acceptors (Lipinski definition) is 5. The summed E-state index contributed by atoms with van der Waals surface area (Å²) in [7, 11) is -2.09. The predicted octanol–water partition coefficient (Wildman–Crippen LogP) is 3.11. The molecule has 0 aromatic heterocycles. The van der Waals surface area contributed by atoms with E-state index >= 15 is 0 Å². The Kier molecular flexibility index (Phi) is 5.38. The van der Waals surface area contributed by atoms with Crippen molar-refractivity contribution in [2.75, 3.05) is 29.9 Å². The molecule has 1 aliphatic heterocycles. The lowest BCUT2D eigenvalue weighted by Crippen LogP contribution is -2.47. The second kappa shape index (κ2) is 7.55. The van der Waals surface area contributed by atoms with E-state index in [-0.39, 0.29) is 17.0 Å². The summed E-state index contributed by atoms with van der Waals surface area (Å²) in [5, 5.41) is 0. The normalized spacial score (nSPS) is 20.7. The number of hydrogen-bond donors (Lipinski definition) is 1. The summed E-state index contributed by atoms with van der Waals surface area (Å²) < 4.78 is 38.3. The molecule has 0 aliphatic carbocycles. The van der Waals surface area contributed by atoms with Crippen LogP contribution >= 0.6 is 0 Å². The van der Waals surface area contributed by atoms with Crippen LogP contribution in [0.2, 0.25) is 0 Å². The molecule has 3 rings (SSSR count). The lowest BCUT2D eigenvalue weighted by Gasteiger charge is -2.38. The topological polar surface area (TPSA) is 67.9 Å². The zero-order chi connectivity index (χ0) is 18.7. The lowest BCUT2D eigenvalue weighted by atomic mass is 10.1. The van der Waals surface area contributed by atoms with Gasteiger partial charge >= 0.3 is 0 Å². The van der Waals surface area contributed by atoms with Crippen LogP contribution < -0.4 is 14.4 Å². The molecule has 0 bridgehead atoms. The van der Waals surface area contributed by atoms with Crippen molar-refractivity contribution in [1.29, 1.82) is 0 Å². The van der Waals surface area contributed by atoms with Gasteiger partial charge in [0.15, 0.2) is 0 Å². The Morgan fingerprint density at radius 3 is 2.35 bits per heavy atom. The zero-order valence-corrected chi connectivity index (χ0v) is 16.0. The molecule has 2 atom stereocenters. The van der Waals surface area contributed by atoms with E-state index in [0.29, 0.717) is 18.0 Å². The van der Waals surface area contributed by atoms with Gasteiger partial charge in [0.1, 0.15) is 5.75 Å². The van der Waals surface area contributed by atoms with Crippen LogP contribution in [0, 0.1) is 0 Å². The van der Waals surface area contributed by atoms with E-state index in [4.69, 9.17) is 9.47 Å². The Morgan fingerprint density at radius 1 is 1.08 bits per heavy atom. The second-order valence-electron chi connectivity index (χ2n) is 6.47. The third-order valence-corrected chi connectivity index (χ3v) is 5.83. The second-order valence-corrected chi connectivity index (χ2v) is 8.16. The molecular weight excluding hydrogens is 352 g/mol. The first kappa shape index (κ1) is 18.5. The molecule has 1 aliphatic rings.